The largest absolute Gasteiger partial charge is 0.480 e. The molecule has 0 aliphatic carbocycles. The quantitative estimate of drug-likeness (QED) is 0.542. The number of rotatable bonds is 6. The van der Waals surface area contributed by atoms with Gasteiger partial charge in [-0.05, 0) is 38.3 Å². The molecule has 132 valence electrons. The molecule has 0 aliphatic rings. The molecule has 0 aliphatic heterocycles. The third-order valence-electron chi connectivity index (χ3n) is 3.16. The van der Waals surface area contributed by atoms with E-state index in [1.54, 1.807) is 6.92 Å². The van der Waals surface area contributed by atoms with Gasteiger partial charge in [0.05, 0.1) is 6.54 Å². The Kier molecular flexibility index (Phi) is 9.92. The van der Waals surface area contributed by atoms with Crippen molar-refractivity contribution >= 4 is 17.6 Å². The van der Waals surface area contributed by atoms with Gasteiger partial charge in [-0.15, -0.1) is 6.42 Å². The maximum atomic E-state index is 10.8. The van der Waals surface area contributed by atoms with Gasteiger partial charge in [0.1, 0.15) is 6.04 Å². The van der Waals surface area contributed by atoms with Gasteiger partial charge in [-0.1, -0.05) is 30.5 Å². The third kappa shape index (κ3) is 7.65. The lowest BCUT2D eigenvalue weighted by Crippen LogP contribution is -2.26. The second-order valence-electron chi connectivity index (χ2n) is 5.24. The van der Waals surface area contributed by atoms with Gasteiger partial charge in [-0.25, -0.2) is 0 Å². The molecule has 0 saturated carbocycles. The number of nitrogens with one attached hydrogen (secondary N) is 1. The van der Waals surface area contributed by atoms with Crippen LogP contribution in [0.4, 0.5) is 5.69 Å². The molecule has 0 heterocycles. The highest BCUT2D eigenvalue weighted by Crippen LogP contribution is 2.24. The average molecular weight is 334 g/mol. The van der Waals surface area contributed by atoms with Gasteiger partial charge in [0.2, 0.25) is 0 Å². The zero-order chi connectivity index (χ0) is 18.7. The monoisotopic (exact) mass is 334 g/mol. The second-order valence-corrected chi connectivity index (χ2v) is 5.24. The molecule has 0 bridgehead atoms. The van der Waals surface area contributed by atoms with Gasteiger partial charge in [-0.2, -0.15) is 0 Å². The molecule has 0 fully saturated rings. The molecule has 1 aromatic rings. The molecule has 0 aromatic heterocycles. The fraction of sp³-hybridized carbons (Fsp3) is 0.444. The Morgan fingerprint density at radius 3 is 2.50 bits per heavy atom. The van der Waals surface area contributed by atoms with Crippen LogP contribution < -0.4 is 11.1 Å². The Morgan fingerprint density at radius 1 is 1.42 bits per heavy atom. The summed E-state index contributed by atoms with van der Waals surface area (Å²) in [6, 6.07) is 3.60. The van der Waals surface area contributed by atoms with Crippen molar-refractivity contribution in [1.29, 1.82) is 0 Å². The molecule has 6 nitrogen and oxygen atoms in total. The van der Waals surface area contributed by atoms with Crippen LogP contribution in [0.5, 0.6) is 0 Å². The van der Waals surface area contributed by atoms with Crippen molar-refractivity contribution < 1.29 is 19.4 Å². The summed E-state index contributed by atoms with van der Waals surface area (Å²) < 4.78 is 4.34. The summed E-state index contributed by atoms with van der Waals surface area (Å²) in [5, 5.41) is 11.9. The summed E-state index contributed by atoms with van der Waals surface area (Å²) in [5.41, 5.74) is 9.32. The van der Waals surface area contributed by atoms with Gasteiger partial charge in [0, 0.05) is 5.69 Å². The smallest absolute Gasteiger partial charge is 0.325 e. The molecule has 0 unspecified atom stereocenters. The Morgan fingerprint density at radius 2 is 2.04 bits per heavy atom. The van der Waals surface area contributed by atoms with Crippen LogP contribution in [0.15, 0.2) is 12.1 Å². The summed E-state index contributed by atoms with van der Waals surface area (Å²) in [4.78, 5) is 20.9. The van der Waals surface area contributed by atoms with Crippen LogP contribution in [0.1, 0.15) is 30.5 Å². The summed E-state index contributed by atoms with van der Waals surface area (Å²) >= 11 is 0. The number of nitrogens with two attached hydrogens (primary N) is 1. The van der Waals surface area contributed by atoms with E-state index in [1.165, 1.54) is 11.1 Å². The molecule has 24 heavy (non-hydrogen) atoms. The van der Waals surface area contributed by atoms with E-state index in [0.29, 0.717) is 0 Å². The molecule has 0 spiro atoms. The standard InChI is InChI=1S/C13H19NO2.C5H7NO2/c1-5-11-7-8(2)6-9(3)12(11)14-10(4)13(15)16;1-2-3-8-5(7)4-6/h6-7,10,14H,5H2,1-4H3,(H,15,16);1H,3-4,6H2/t10-;/m0./s1. The molecule has 6 heteroatoms. The lowest BCUT2D eigenvalue weighted by Gasteiger charge is -2.17. The fourth-order valence-electron chi connectivity index (χ4n) is 2.00. The number of esters is 1. The highest BCUT2D eigenvalue weighted by atomic mass is 16.5. The molecule has 4 N–H and O–H groups in total. The molecule has 0 amide bonds. The summed E-state index contributed by atoms with van der Waals surface area (Å²) in [5.74, 6) is 0.833. The van der Waals surface area contributed by atoms with Gasteiger partial charge >= 0.3 is 11.9 Å². The number of hydrogen-bond acceptors (Lipinski definition) is 5. The first-order valence-electron chi connectivity index (χ1n) is 7.65. The van der Waals surface area contributed by atoms with E-state index in [9.17, 15) is 9.59 Å². The summed E-state index contributed by atoms with van der Waals surface area (Å²) in [7, 11) is 0. The van der Waals surface area contributed by atoms with E-state index < -0.39 is 18.0 Å². The number of carbonyl (C=O) groups excluding carboxylic acids is 1. The van der Waals surface area contributed by atoms with E-state index in [1.807, 2.05) is 6.92 Å². The van der Waals surface area contributed by atoms with Crippen molar-refractivity contribution in [3.05, 3.63) is 28.8 Å². The van der Waals surface area contributed by atoms with E-state index in [4.69, 9.17) is 17.3 Å². The molecule has 0 radical (unpaired) electrons. The first kappa shape index (κ1) is 21.5. The highest BCUT2D eigenvalue weighted by Gasteiger charge is 2.13. The van der Waals surface area contributed by atoms with Gasteiger partial charge in [0.15, 0.2) is 6.61 Å². The van der Waals surface area contributed by atoms with Crippen molar-refractivity contribution in [3.63, 3.8) is 0 Å². The zero-order valence-corrected chi connectivity index (χ0v) is 14.7. The minimum Gasteiger partial charge on any atom is -0.480 e. The van der Waals surface area contributed by atoms with E-state index in [2.05, 4.69) is 42.0 Å². The van der Waals surface area contributed by atoms with Gasteiger partial charge < -0.3 is 20.9 Å². The van der Waals surface area contributed by atoms with E-state index in [-0.39, 0.29) is 13.2 Å². The number of ether oxygens (including phenoxy) is 1. The number of aryl methyl sites for hydroxylation is 3. The van der Waals surface area contributed by atoms with Gasteiger partial charge in [0.25, 0.3) is 0 Å². The number of anilines is 1. The molecule has 0 saturated heterocycles. The van der Waals surface area contributed by atoms with Gasteiger partial charge in [-0.3, -0.25) is 9.59 Å². The molecule has 1 aromatic carbocycles. The second kappa shape index (κ2) is 11.1. The van der Waals surface area contributed by atoms with Crippen LogP contribution in [-0.4, -0.2) is 36.2 Å². The van der Waals surface area contributed by atoms with Crippen LogP contribution in [0.25, 0.3) is 0 Å². The maximum absolute atomic E-state index is 10.8. The minimum absolute atomic E-state index is 0.00995. The van der Waals surface area contributed by atoms with Crippen LogP contribution in [0.3, 0.4) is 0 Å². The Bertz CT molecular complexity index is 606. The maximum Gasteiger partial charge on any atom is 0.325 e. The number of hydrogen-bond donors (Lipinski definition) is 3. The van der Waals surface area contributed by atoms with E-state index in [0.717, 1.165) is 17.7 Å². The SMILES string of the molecule is C#CCOC(=O)CN.CCc1cc(C)cc(C)c1N[C@@H](C)C(=O)O. The van der Waals surface area contributed by atoms with E-state index >= 15 is 0 Å². The summed E-state index contributed by atoms with van der Waals surface area (Å²) in [6.45, 7) is 7.68. The fourth-order valence-corrected chi connectivity index (χ4v) is 2.00. The van der Waals surface area contributed by atoms with Crippen LogP contribution in [0.2, 0.25) is 0 Å². The summed E-state index contributed by atoms with van der Waals surface area (Å²) in [6.07, 6.45) is 5.66. The number of carbonyl (C=O) groups is 2. The number of benzene rings is 1. The number of carboxylic acids is 1. The predicted octanol–water partition coefficient (Wildman–Crippen LogP) is 1.87. The van der Waals surface area contributed by atoms with Crippen LogP contribution in [-0.2, 0) is 20.7 Å². The number of aliphatic carboxylic acids is 1. The molecular weight excluding hydrogens is 308 g/mol. The third-order valence-corrected chi connectivity index (χ3v) is 3.16. The van der Waals surface area contributed by atoms with Crippen molar-refractivity contribution in [1.82, 2.24) is 0 Å². The van der Waals surface area contributed by atoms with Crippen molar-refractivity contribution in [3.8, 4) is 12.3 Å². The first-order chi connectivity index (χ1) is 11.3. The molecule has 1 rings (SSSR count). The first-order valence-corrected chi connectivity index (χ1v) is 7.65. The van der Waals surface area contributed by atoms with Crippen molar-refractivity contribution in [2.75, 3.05) is 18.5 Å². The highest BCUT2D eigenvalue weighted by molar-refractivity contribution is 5.78. The van der Waals surface area contributed by atoms with Crippen molar-refractivity contribution in [2.45, 2.75) is 40.2 Å². The lowest BCUT2D eigenvalue weighted by molar-refractivity contribution is -0.140. The minimum atomic E-state index is -0.831. The zero-order valence-electron chi connectivity index (χ0n) is 14.7. The Labute approximate surface area is 143 Å². The predicted molar refractivity (Wildman–Crippen MR) is 94.9 cm³/mol. The molecular formula is C18H26N2O4. The Balaban J connectivity index is 0.000000561. The average Bonchev–Trinajstić information content (AvgIpc) is 2.54. The normalized spacial score (nSPS) is 10.7. The topological polar surface area (TPSA) is 102 Å². The number of carboxylic acid groups (broad SMARTS) is 1. The molecule has 1 atom stereocenters. The number of terminal acetylenes is 1. The lowest BCUT2D eigenvalue weighted by atomic mass is 10.0. The van der Waals surface area contributed by atoms with Crippen LogP contribution >= 0.6 is 0 Å². The van der Waals surface area contributed by atoms with Crippen LogP contribution in [0, 0.1) is 26.2 Å². The van der Waals surface area contributed by atoms with Crippen molar-refractivity contribution in [2.24, 2.45) is 5.73 Å². The Hall–Kier alpha value is -2.52.